The maximum atomic E-state index is 12.8. The number of carboxylic acid groups (broad SMARTS) is 1. The van der Waals surface area contributed by atoms with Gasteiger partial charge in [0.05, 0.1) is 39.6 Å². The van der Waals surface area contributed by atoms with Gasteiger partial charge in [-0.1, -0.05) is 64.2 Å². The standard InChI is InChI=1S/C41H75N3O13/c1-40(2,3)56-38(50)20-18-16-14-12-10-8-7-9-11-13-15-17-19-35(46)44-33(39(51)57-41(4,5)6)21-22-34(45)42-23-25-52-27-29-54-31-36(47)43-24-26-53-28-30-55-32-37(48)49/h33H,7-32H2,1-6H3,(H,42,45)(H,43,47)(H,44,46)(H,48,49)/t33-/m0/s1. The Hall–Kier alpha value is -3.34. The number of aliphatic carboxylic acids is 1. The van der Waals surface area contributed by atoms with Gasteiger partial charge in [0.2, 0.25) is 17.7 Å². The van der Waals surface area contributed by atoms with Crippen LogP contribution in [-0.4, -0.2) is 124 Å². The van der Waals surface area contributed by atoms with E-state index in [1.165, 1.54) is 32.1 Å². The summed E-state index contributed by atoms with van der Waals surface area (Å²) in [5, 5.41) is 16.6. The number of unbranched alkanes of at least 4 members (excludes halogenated alkanes) is 11. The molecule has 0 aromatic carbocycles. The number of carbonyl (C=O) groups excluding carboxylic acids is 5. The van der Waals surface area contributed by atoms with Crippen molar-refractivity contribution in [1.82, 2.24) is 16.0 Å². The molecule has 1 atom stereocenters. The Labute approximate surface area is 340 Å². The van der Waals surface area contributed by atoms with E-state index in [2.05, 4.69) is 16.0 Å². The van der Waals surface area contributed by atoms with E-state index < -0.39 is 29.2 Å². The summed E-state index contributed by atoms with van der Waals surface area (Å²) < 4.78 is 31.6. The maximum Gasteiger partial charge on any atom is 0.329 e. The molecule has 57 heavy (non-hydrogen) atoms. The molecule has 0 spiro atoms. The predicted molar refractivity (Wildman–Crippen MR) is 214 cm³/mol. The first kappa shape index (κ1) is 53.7. The molecule has 16 heteroatoms. The molecule has 0 bridgehead atoms. The van der Waals surface area contributed by atoms with E-state index in [1.807, 2.05) is 20.8 Å². The van der Waals surface area contributed by atoms with E-state index >= 15 is 0 Å². The number of nitrogens with one attached hydrogen (secondary N) is 3. The Morgan fingerprint density at radius 3 is 1.42 bits per heavy atom. The fraction of sp³-hybridized carbons (Fsp3) is 0.854. The smallest absolute Gasteiger partial charge is 0.329 e. The summed E-state index contributed by atoms with van der Waals surface area (Å²) in [6.45, 7) is 12.1. The first-order valence-corrected chi connectivity index (χ1v) is 20.8. The van der Waals surface area contributed by atoms with Gasteiger partial charge in [-0.25, -0.2) is 9.59 Å². The average molecular weight is 818 g/mol. The third-order valence-electron chi connectivity index (χ3n) is 7.98. The summed E-state index contributed by atoms with van der Waals surface area (Å²) in [4.78, 5) is 71.9. The first-order valence-electron chi connectivity index (χ1n) is 20.8. The third kappa shape index (κ3) is 39.3. The number of carbonyl (C=O) groups is 6. The molecule has 0 radical (unpaired) electrons. The zero-order valence-electron chi connectivity index (χ0n) is 35.8. The van der Waals surface area contributed by atoms with Crippen molar-refractivity contribution >= 4 is 35.6 Å². The van der Waals surface area contributed by atoms with Crippen LogP contribution in [0.1, 0.15) is 144 Å². The van der Waals surface area contributed by atoms with Gasteiger partial charge in [0.25, 0.3) is 0 Å². The largest absolute Gasteiger partial charge is 0.480 e. The molecule has 0 heterocycles. The van der Waals surface area contributed by atoms with Crippen molar-refractivity contribution in [2.75, 3.05) is 65.9 Å². The number of hydrogen-bond acceptors (Lipinski definition) is 12. The second-order valence-electron chi connectivity index (χ2n) is 15.9. The second-order valence-corrected chi connectivity index (χ2v) is 15.9. The minimum atomic E-state index is -1.05. The zero-order valence-corrected chi connectivity index (χ0v) is 35.8. The van der Waals surface area contributed by atoms with Crippen LogP contribution in [0.15, 0.2) is 0 Å². The minimum absolute atomic E-state index is 0.0139. The van der Waals surface area contributed by atoms with Crippen molar-refractivity contribution in [2.45, 2.75) is 162 Å². The molecular formula is C41H75N3O13. The predicted octanol–water partition coefficient (Wildman–Crippen LogP) is 4.78. The summed E-state index contributed by atoms with van der Waals surface area (Å²) in [6.07, 6.45) is 13.8. The number of ether oxygens (including phenoxy) is 6. The fourth-order valence-corrected chi connectivity index (χ4v) is 5.31. The number of rotatable bonds is 36. The summed E-state index contributed by atoms with van der Waals surface area (Å²) in [5.74, 6) is -2.59. The lowest BCUT2D eigenvalue weighted by Crippen LogP contribution is -2.44. The van der Waals surface area contributed by atoms with Gasteiger partial charge >= 0.3 is 17.9 Å². The van der Waals surface area contributed by atoms with Crippen molar-refractivity contribution < 1.29 is 62.3 Å². The molecule has 0 aliphatic carbocycles. The lowest BCUT2D eigenvalue weighted by Gasteiger charge is -2.24. The van der Waals surface area contributed by atoms with Crippen molar-refractivity contribution in [1.29, 1.82) is 0 Å². The van der Waals surface area contributed by atoms with Gasteiger partial charge in [-0.05, 0) is 60.8 Å². The highest BCUT2D eigenvalue weighted by Gasteiger charge is 2.27. The monoisotopic (exact) mass is 818 g/mol. The van der Waals surface area contributed by atoms with Crippen LogP contribution >= 0.6 is 0 Å². The number of esters is 2. The van der Waals surface area contributed by atoms with Gasteiger partial charge < -0.3 is 49.5 Å². The Kier molecular flexibility index (Phi) is 31.6. The van der Waals surface area contributed by atoms with Gasteiger partial charge in [0.1, 0.15) is 30.5 Å². The van der Waals surface area contributed by atoms with E-state index in [1.54, 1.807) is 20.8 Å². The molecule has 0 rings (SSSR count). The van der Waals surface area contributed by atoms with E-state index in [0.717, 1.165) is 44.9 Å². The molecule has 0 fully saturated rings. The summed E-state index contributed by atoms with van der Waals surface area (Å²) in [5.41, 5.74) is -1.16. The Morgan fingerprint density at radius 2 is 0.930 bits per heavy atom. The zero-order chi connectivity index (χ0) is 42.8. The summed E-state index contributed by atoms with van der Waals surface area (Å²) in [6, 6.07) is -0.935. The highest BCUT2D eigenvalue weighted by atomic mass is 16.6. The number of carboxylic acids is 1. The van der Waals surface area contributed by atoms with Crippen LogP contribution in [0.4, 0.5) is 0 Å². The number of hydrogen-bond donors (Lipinski definition) is 4. The van der Waals surface area contributed by atoms with Crippen LogP contribution in [0.2, 0.25) is 0 Å². The van der Waals surface area contributed by atoms with Crippen molar-refractivity contribution in [3.63, 3.8) is 0 Å². The van der Waals surface area contributed by atoms with Gasteiger partial charge in [-0.3, -0.25) is 19.2 Å². The van der Waals surface area contributed by atoms with E-state index in [9.17, 15) is 28.8 Å². The lowest BCUT2D eigenvalue weighted by molar-refractivity contribution is -0.159. The average Bonchev–Trinajstić information content (AvgIpc) is 3.10. The molecule has 0 saturated carbocycles. The lowest BCUT2D eigenvalue weighted by atomic mass is 10.0. The van der Waals surface area contributed by atoms with Gasteiger partial charge in [0.15, 0.2) is 0 Å². The van der Waals surface area contributed by atoms with Crippen molar-refractivity contribution in [2.24, 2.45) is 0 Å². The van der Waals surface area contributed by atoms with Crippen LogP contribution in [0.5, 0.6) is 0 Å². The summed E-state index contributed by atoms with van der Waals surface area (Å²) in [7, 11) is 0. The molecular weight excluding hydrogens is 742 g/mol. The highest BCUT2D eigenvalue weighted by Crippen LogP contribution is 2.15. The minimum Gasteiger partial charge on any atom is -0.480 e. The highest BCUT2D eigenvalue weighted by molar-refractivity contribution is 5.85. The number of amides is 3. The molecule has 332 valence electrons. The van der Waals surface area contributed by atoms with E-state index in [-0.39, 0.29) is 102 Å². The normalized spacial score (nSPS) is 12.1. The molecule has 0 aliphatic heterocycles. The SMILES string of the molecule is CC(C)(C)OC(=O)CCCCCCCCCCCCCCC(=O)N[C@@H](CCC(=O)NCCOCCOCC(=O)NCCOCCOCC(=O)O)C(=O)OC(C)(C)C. The van der Waals surface area contributed by atoms with Crippen LogP contribution in [0.25, 0.3) is 0 Å². The van der Waals surface area contributed by atoms with Crippen molar-refractivity contribution in [3.05, 3.63) is 0 Å². The molecule has 0 aromatic heterocycles. The molecule has 0 saturated heterocycles. The first-order chi connectivity index (χ1) is 27.0. The van der Waals surface area contributed by atoms with E-state index in [0.29, 0.717) is 12.8 Å². The molecule has 16 nitrogen and oxygen atoms in total. The third-order valence-corrected chi connectivity index (χ3v) is 7.98. The van der Waals surface area contributed by atoms with Gasteiger partial charge in [-0.15, -0.1) is 0 Å². The molecule has 0 unspecified atom stereocenters. The maximum absolute atomic E-state index is 12.8. The molecule has 0 aromatic rings. The molecule has 3 amide bonds. The second kappa shape index (κ2) is 33.6. The van der Waals surface area contributed by atoms with E-state index in [4.69, 9.17) is 33.5 Å². The van der Waals surface area contributed by atoms with Crippen LogP contribution in [0.3, 0.4) is 0 Å². The van der Waals surface area contributed by atoms with Crippen LogP contribution in [0, 0.1) is 0 Å². The topological polar surface area (TPSA) is 214 Å². The fourth-order valence-electron chi connectivity index (χ4n) is 5.31. The summed E-state index contributed by atoms with van der Waals surface area (Å²) >= 11 is 0. The Bertz CT molecular complexity index is 1120. The van der Waals surface area contributed by atoms with Crippen molar-refractivity contribution in [3.8, 4) is 0 Å². The molecule has 0 aliphatic rings. The van der Waals surface area contributed by atoms with Gasteiger partial charge in [0, 0.05) is 32.4 Å². The Morgan fingerprint density at radius 1 is 0.491 bits per heavy atom. The van der Waals surface area contributed by atoms with Crippen LogP contribution < -0.4 is 16.0 Å². The Balaban J connectivity index is 4.04. The molecule has 4 N–H and O–H groups in total. The van der Waals surface area contributed by atoms with Crippen LogP contribution in [-0.2, 0) is 57.2 Å². The quantitative estimate of drug-likeness (QED) is 0.0496. The van der Waals surface area contributed by atoms with Gasteiger partial charge in [-0.2, -0.15) is 0 Å².